The van der Waals surface area contributed by atoms with Crippen LogP contribution in [-0.4, -0.2) is 22.0 Å². The minimum atomic E-state index is 0.299. The van der Waals surface area contributed by atoms with Crippen molar-refractivity contribution in [3.8, 4) is 5.75 Å². The molecule has 4 nitrogen and oxygen atoms in total. The van der Waals surface area contributed by atoms with Crippen molar-refractivity contribution in [1.82, 2.24) is 4.68 Å². The molecule has 0 aliphatic heterocycles. The maximum Gasteiger partial charge on any atom is 0.206 e. The summed E-state index contributed by atoms with van der Waals surface area (Å²) in [7, 11) is 0. The van der Waals surface area contributed by atoms with Crippen molar-refractivity contribution in [3.63, 3.8) is 0 Å². The van der Waals surface area contributed by atoms with Gasteiger partial charge >= 0.3 is 0 Å². The Hall–Kier alpha value is -1.88. The summed E-state index contributed by atoms with van der Waals surface area (Å²) >= 11 is 1.65. The van der Waals surface area contributed by atoms with Crippen molar-refractivity contribution < 1.29 is 5.11 Å². The average molecular weight is 329 g/mol. The smallest absolute Gasteiger partial charge is 0.206 e. The highest BCUT2D eigenvalue weighted by molar-refractivity contribution is 7.07. The number of phenols is 1. The van der Waals surface area contributed by atoms with Crippen LogP contribution < -0.4 is 4.80 Å². The van der Waals surface area contributed by atoms with Crippen molar-refractivity contribution in [2.75, 3.05) is 0 Å². The van der Waals surface area contributed by atoms with E-state index in [0.29, 0.717) is 11.8 Å². The largest absolute Gasteiger partial charge is 0.508 e. The summed E-state index contributed by atoms with van der Waals surface area (Å²) in [6.07, 6.45) is 8.08. The van der Waals surface area contributed by atoms with Crippen LogP contribution in [0, 0.1) is 13.8 Å². The Balaban J connectivity index is 1.91. The van der Waals surface area contributed by atoms with Gasteiger partial charge in [0.15, 0.2) is 0 Å². The van der Waals surface area contributed by atoms with Gasteiger partial charge in [-0.05, 0) is 38.3 Å². The van der Waals surface area contributed by atoms with Crippen LogP contribution in [-0.2, 0) is 0 Å². The lowest BCUT2D eigenvalue weighted by molar-refractivity contribution is 0.435. The van der Waals surface area contributed by atoms with Crippen molar-refractivity contribution >= 4 is 17.6 Å². The average Bonchev–Trinajstić information content (AvgIpc) is 2.90. The molecule has 5 heteroatoms. The molecule has 1 aromatic carbocycles. The van der Waals surface area contributed by atoms with Gasteiger partial charge in [0, 0.05) is 10.9 Å². The van der Waals surface area contributed by atoms with Crippen LogP contribution in [0.3, 0.4) is 0 Å². The van der Waals surface area contributed by atoms with Gasteiger partial charge in [-0.3, -0.25) is 4.99 Å². The fraction of sp³-hybridized carbons (Fsp3) is 0.444. The van der Waals surface area contributed by atoms with Gasteiger partial charge in [0.2, 0.25) is 4.80 Å². The van der Waals surface area contributed by atoms with Gasteiger partial charge in [-0.15, -0.1) is 11.3 Å². The molecule has 1 N–H and O–H groups in total. The Morgan fingerprint density at radius 1 is 1.22 bits per heavy atom. The molecule has 0 saturated heterocycles. The number of aryl methyl sites for hydroxylation is 1. The van der Waals surface area contributed by atoms with E-state index in [0.717, 1.165) is 21.6 Å². The molecule has 1 heterocycles. The molecule has 0 amide bonds. The lowest BCUT2D eigenvalue weighted by atomic mass is 9.96. The summed E-state index contributed by atoms with van der Waals surface area (Å²) in [5, 5.41) is 16.5. The van der Waals surface area contributed by atoms with E-state index in [-0.39, 0.29) is 0 Å². The molecule has 3 rings (SSSR count). The summed E-state index contributed by atoms with van der Waals surface area (Å²) in [6, 6.07) is 5.92. The Morgan fingerprint density at radius 2 is 2.00 bits per heavy atom. The molecule has 1 saturated carbocycles. The van der Waals surface area contributed by atoms with Crippen LogP contribution in [0.25, 0.3) is 0 Å². The SMILES string of the molecule is Cc1c(O)cccc1/C=N/n1c(C)csc1=NC1CCCCC1. The summed E-state index contributed by atoms with van der Waals surface area (Å²) in [5.74, 6) is 0.299. The Kier molecular flexibility index (Phi) is 4.96. The van der Waals surface area contributed by atoms with E-state index in [9.17, 15) is 5.11 Å². The second kappa shape index (κ2) is 7.13. The van der Waals surface area contributed by atoms with Crippen LogP contribution in [0.2, 0.25) is 0 Å². The summed E-state index contributed by atoms with van der Waals surface area (Å²) in [5.41, 5.74) is 2.85. The zero-order valence-corrected chi connectivity index (χ0v) is 14.5. The number of aromatic nitrogens is 1. The standard InChI is InChI=1S/C18H23N3OS/c1-13-12-23-18(20-16-8-4-3-5-9-16)21(13)19-11-15-7-6-10-17(22)14(15)2/h6-7,10-12,16,22H,3-5,8-9H2,1-2H3/b19-11+,20-18?. The first-order valence-electron chi connectivity index (χ1n) is 8.19. The summed E-state index contributed by atoms with van der Waals surface area (Å²) in [6.45, 7) is 3.94. The molecule has 1 fully saturated rings. The van der Waals surface area contributed by atoms with E-state index >= 15 is 0 Å². The van der Waals surface area contributed by atoms with E-state index < -0.39 is 0 Å². The number of thiazole rings is 1. The molecule has 122 valence electrons. The van der Waals surface area contributed by atoms with Crippen molar-refractivity contribution in [3.05, 3.63) is 45.2 Å². The molecule has 2 aromatic rings. The zero-order chi connectivity index (χ0) is 16.2. The molecule has 0 radical (unpaired) electrons. The summed E-state index contributed by atoms with van der Waals surface area (Å²) in [4.78, 5) is 5.87. The minimum Gasteiger partial charge on any atom is -0.508 e. The first kappa shape index (κ1) is 16.0. The van der Waals surface area contributed by atoms with Crippen LogP contribution in [0.1, 0.15) is 48.9 Å². The first-order valence-corrected chi connectivity index (χ1v) is 9.07. The number of hydrogen-bond acceptors (Lipinski definition) is 4. The molecular formula is C18H23N3OS. The quantitative estimate of drug-likeness (QED) is 0.851. The highest BCUT2D eigenvalue weighted by Crippen LogP contribution is 2.20. The maximum absolute atomic E-state index is 9.80. The number of hydrogen-bond donors (Lipinski definition) is 1. The van der Waals surface area contributed by atoms with E-state index in [2.05, 4.69) is 10.5 Å². The minimum absolute atomic E-state index is 0.299. The molecule has 0 unspecified atom stereocenters. The lowest BCUT2D eigenvalue weighted by Crippen LogP contribution is -2.19. The van der Waals surface area contributed by atoms with E-state index in [1.54, 1.807) is 23.6 Å². The third kappa shape index (κ3) is 3.72. The fourth-order valence-corrected chi connectivity index (χ4v) is 3.76. The molecule has 1 aromatic heterocycles. The second-order valence-electron chi connectivity index (χ2n) is 6.13. The number of phenolic OH excluding ortho intramolecular Hbond substituents is 1. The van der Waals surface area contributed by atoms with Crippen LogP contribution in [0.5, 0.6) is 5.75 Å². The topological polar surface area (TPSA) is 49.9 Å². The van der Waals surface area contributed by atoms with Gasteiger partial charge in [0.1, 0.15) is 5.75 Å². The third-order valence-electron chi connectivity index (χ3n) is 4.38. The van der Waals surface area contributed by atoms with E-state index in [1.807, 2.05) is 30.7 Å². The Labute approximate surface area is 140 Å². The van der Waals surface area contributed by atoms with E-state index in [4.69, 9.17) is 4.99 Å². The normalized spacial score (nSPS) is 17.2. The highest BCUT2D eigenvalue weighted by Gasteiger charge is 2.12. The van der Waals surface area contributed by atoms with Crippen LogP contribution >= 0.6 is 11.3 Å². The predicted molar refractivity (Wildman–Crippen MR) is 95.3 cm³/mol. The summed E-state index contributed by atoms with van der Waals surface area (Å²) < 4.78 is 1.91. The van der Waals surface area contributed by atoms with Gasteiger partial charge < -0.3 is 5.11 Å². The van der Waals surface area contributed by atoms with Gasteiger partial charge in [0.25, 0.3) is 0 Å². The van der Waals surface area contributed by atoms with Crippen molar-refractivity contribution in [1.29, 1.82) is 0 Å². The monoisotopic (exact) mass is 329 g/mol. The third-order valence-corrected chi connectivity index (χ3v) is 5.33. The van der Waals surface area contributed by atoms with E-state index in [1.165, 1.54) is 32.1 Å². The fourth-order valence-electron chi connectivity index (χ4n) is 2.88. The van der Waals surface area contributed by atoms with Crippen molar-refractivity contribution in [2.45, 2.75) is 52.0 Å². The Morgan fingerprint density at radius 3 is 2.78 bits per heavy atom. The number of rotatable bonds is 3. The van der Waals surface area contributed by atoms with Gasteiger partial charge in [-0.1, -0.05) is 31.4 Å². The maximum atomic E-state index is 9.80. The van der Waals surface area contributed by atoms with Gasteiger partial charge in [0.05, 0.1) is 18.0 Å². The molecule has 0 bridgehead atoms. The zero-order valence-electron chi connectivity index (χ0n) is 13.7. The van der Waals surface area contributed by atoms with Crippen molar-refractivity contribution in [2.24, 2.45) is 10.1 Å². The number of nitrogens with zero attached hydrogens (tertiary/aromatic N) is 3. The Bertz CT molecular complexity index is 767. The molecule has 1 aliphatic rings. The number of benzene rings is 1. The second-order valence-corrected chi connectivity index (χ2v) is 6.96. The van der Waals surface area contributed by atoms with Gasteiger partial charge in [-0.25, -0.2) is 4.68 Å². The highest BCUT2D eigenvalue weighted by atomic mass is 32.1. The number of aromatic hydroxyl groups is 1. The molecule has 0 spiro atoms. The predicted octanol–water partition coefficient (Wildman–Crippen LogP) is 3.99. The van der Waals surface area contributed by atoms with Crippen LogP contribution in [0.4, 0.5) is 0 Å². The molecule has 0 atom stereocenters. The molecule has 1 aliphatic carbocycles. The lowest BCUT2D eigenvalue weighted by Gasteiger charge is -2.16. The van der Waals surface area contributed by atoms with Gasteiger partial charge in [-0.2, -0.15) is 5.10 Å². The van der Waals surface area contributed by atoms with Crippen LogP contribution in [0.15, 0.2) is 33.7 Å². The molecular weight excluding hydrogens is 306 g/mol. The first-order chi connectivity index (χ1) is 11.1. The molecule has 23 heavy (non-hydrogen) atoms.